The molecule has 0 aliphatic carbocycles. The van der Waals surface area contributed by atoms with Gasteiger partial charge in [-0.15, -0.1) is 11.3 Å². The lowest BCUT2D eigenvalue weighted by Gasteiger charge is -2.09. The van der Waals surface area contributed by atoms with E-state index in [1.807, 2.05) is 12.1 Å². The zero-order chi connectivity index (χ0) is 11.8. The van der Waals surface area contributed by atoms with Crippen molar-refractivity contribution in [2.45, 2.75) is 0 Å². The van der Waals surface area contributed by atoms with Crippen LogP contribution in [0, 0.1) is 0 Å². The van der Waals surface area contributed by atoms with Crippen LogP contribution in [0.15, 0.2) is 35.7 Å². The number of thiophene rings is 1. The highest BCUT2D eigenvalue weighted by molar-refractivity contribution is 7.17. The standard InChI is InChI=1S/C14H12O2S/c1-15-12-7-9-3-4-14-10(5-6-17-14)11(9)8-13(12)16-2/h3-8H,1-2H3. The SMILES string of the molecule is COc1cc2ccc3sccc3c2cc1OC. The van der Waals surface area contributed by atoms with Gasteiger partial charge in [0.05, 0.1) is 14.2 Å². The summed E-state index contributed by atoms with van der Waals surface area (Å²) >= 11 is 1.75. The first-order chi connectivity index (χ1) is 8.33. The third kappa shape index (κ3) is 1.54. The van der Waals surface area contributed by atoms with Gasteiger partial charge in [-0.3, -0.25) is 0 Å². The molecule has 1 aromatic heterocycles. The van der Waals surface area contributed by atoms with Gasteiger partial charge < -0.3 is 9.47 Å². The molecule has 0 aliphatic heterocycles. The summed E-state index contributed by atoms with van der Waals surface area (Å²) in [6, 6.07) is 10.5. The molecule has 3 aromatic rings. The average molecular weight is 244 g/mol. The third-order valence-electron chi connectivity index (χ3n) is 2.96. The van der Waals surface area contributed by atoms with Crippen molar-refractivity contribution in [2.75, 3.05) is 14.2 Å². The van der Waals surface area contributed by atoms with Crippen molar-refractivity contribution in [2.24, 2.45) is 0 Å². The molecule has 0 saturated heterocycles. The Bertz CT molecular complexity index is 685. The fraction of sp³-hybridized carbons (Fsp3) is 0.143. The van der Waals surface area contributed by atoms with Crippen molar-refractivity contribution in [3.8, 4) is 11.5 Å². The summed E-state index contributed by atoms with van der Waals surface area (Å²) in [5.41, 5.74) is 0. The molecule has 0 unspecified atom stereocenters. The van der Waals surface area contributed by atoms with Crippen LogP contribution in [0.1, 0.15) is 0 Å². The molecule has 0 atom stereocenters. The predicted molar refractivity (Wildman–Crippen MR) is 72.4 cm³/mol. The number of benzene rings is 2. The summed E-state index contributed by atoms with van der Waals surface area (Å²) in [5, 5.41) is 5.77. The number of fused-ring (bicyclic) bond motifs is 3. The van der Waals surface area contributed by atoms with Crippen LogP contribution >= 0.6 is 11.3 Å². The molecule has 0 radical (unpaired) electrons. The summed E-state index contributed by atoms with van der Waals surface area (Å²) in [6.45, 7) is 0. The molecule has 3 rings (SSSR count). The Hall–Kier alpha value is -1.74. The summed E-state index contributed by atoms with van der Waals surface area (Å²) in [5.74, 6) is 1.55. The van der Waals surface area contributed by atoms with Gasteiger partial charge in [0.2, 0.25) is 0 Å². The van der Waals surface area contributed by atoms with Crippen LogP contribution in [0.5, 0.6) is 11.5 Å². The molecular weight excluding hydrogens is 232 g/mol. The number of hydrogen-bond acceptors (Lipinski definition) is 3. The molecular formula is C14H12O2S. The molecule has 2 aromatic carbocycles. The van der Waals surface area contributed by atoms with E-state index in [1.165, 1.54) is 20.9 Å². The Morgan fingerprint density at radius 1 is 0.882 bits per heavy atom. The Morgan fingerprint density at radius 2 is 1.65 bits per heavy atom. The molecule has 17 heavy (non-hydrogen) atoms. The second-order valence-corrected chi connectivity index (χ2v) is 4.77. The van der Waals surface area contributed by atoms with Crippen molar-refractivity contribution in [1.29, 1.82) is 0 Å². The molecule has 0 bridgehead atoms. The number of methoxy groups -OCH3 is 2. The molecule has 0 aliphatic rings. The monoisotopic (exact) mass is 244 g/mol. The van der Waals surface area contributed by atoms with Crippen molar-refractivity contribution in [1.82, 2.24) is 0 Å². The molecule has 2 nitrogen and oxygen atoms in total. The Morgan fingerprint density at radius 3 is 2.41 bits per heavy atom. The van der Waals surface area contributed by atoms with E-state index < -0.39 is 0 Å². The first-order valence-corrected chi connectivity index (χ1v) is 6.23. The van der Waals surface area contributed by atoms with Gasteiger partial charge >= 0.3 is 0 Å². The van der Waals surface area contributed by atoms with Gasteiger partial charge in [-0.05, 0) is 40.4 Å². The normalized spacial score (nSPS) is 10.9. The molecule has 0 saturated carbocycles. The van der Waals surface area contributed by atoms with Crippen LogP contribution in [0.25, 0.3) is 20.9 Å². The Balaban J connectivity index is 2.42. The molecule has 86 valence electrons. The van der Waals surface area contributed by atoms with E-state index in [0.717, 1.165) is 11.5 Å². The first-order valence-electron chi connectivity index (χ1n) is 5.35. The van der Waals surface area contributed by atoms with Crippen LogP contribution < -0.4 is 9.47 Å². The minimum absolute atomic E-state index is 0.773. The second kappa shape index (κ2) is 3.93. The minimum Gasteiger partial charge on any atom is -0.493 e. The van der Waals surface area contributed by atoms with Gasteiger partial charge in [0, 0.05) is 10.1 Å². The lowest BCUT2D eigenvalue weighted by Crippen LogP contribution is -1.90. The number of rotatable bonds is 2. The van der Waals surface area contributed by atoms with E-state index in [2.05, 4.69) is 23.6 Å². The van der Waals surface area contributed by atoms with E-state index in [9.17, 15) is 0 Å². The number of hydrogen-bond donors (Lipinski definition) is 0. The molecule has 0 amide bonds. The molecule has 1 heterocycles. The zero-order valence-corrected chi connectivity index (χ0v) is 10.5. The maximum Gasteiger partial charge on any atom is 0.161 e. The number of ether oxygens (including phenoxy) is 2. The van der Waals surface area contributed by atoms with Crippen molar-refractivity contribution in [3.63, 3.8) is 0 Å². The van der Waals surface area contributed by atoms with Gasteiger partial charge in [0.25, 0.3) is 0 Å². The molecule has 3 heteroatoms. The summed E-state index contributed by atoms with van der Waals surface area (Å²) in [6.07, 6.45) is 0. The Kier molecular flexibility index (Phi) is 2.41. The lowest BCUT2D eigenvalue weighted by atomic mass is 10.1. The van der Waals surface area contributed by atoms with Crippen LogP contribution in [-0.4, -0.2) is 14.2 Å². The van der Waals surface area contributed by atoms with E-state index in [0.29, 0.717) is 0 Å². The lowest BCUT2D eigenvalue weighted by molar-refractivity contribution is 0.356. The van der Waals surface area contributed by atoms with Crippen molar-refractivity contribution >= 4 is 32.2 Å². The predicted octanol–water partition coefficient (Wildman–Crippen LogP) is 4.07. The summed E-state index contributed by atoms with van der Waals surface area (Å²) < 4.78 is 12.0. The second-order valence-electron chi connectivity index (χ2n) is 3.83. The molecule has 0 N–H and O–H groups in total. The van der Waals surface area contributed by atoms with E-state index in [4.69, 9.17) is 9.47 Å². The molecule has 0 fully saturated rings. The highest BCUT2D eigenvalue weighted by atomic mass is 32.1. The van der Waals surface area contributed by atoms with E-state index in [1.54, 1.807) is 25.6 Å². The van der Waals surface area contributed by atoms with Crippen LogP contribution in [0.3, 0.4) is 0 Å². The third-order valence-corrected chi connectivity index (χ3v) is 3.84. The first kappa shape index (κ1) is 10.4. The topological polar surface area (TPSA) is 18.5 Å². The zero-order valence-electron chi connectivity index (χ0n) is 9.69. The van der Waals surface area contributed by atoms with Crippen LogP contribution in [0.4, 0.5) is 0 Å². The van der Waals surface area contributed by atoms with Crippen molar-refractivity contribution in [3.05, 3.63) is 35.7 Å². The summed E-state index contributed by atoms with van der Waals surface area (Å²) in [4.78, 5) is 0. The molecule has 0 spiro atoms. The summed E-state index contributed by atoms with van der Waals surface area (Å²) in [7, 11) is 3.32. The van der Waals surface area contributed by atoms with E-state index in [-0.39, 0.29) is 0 Å². The maximum absolute atomic E-state index is 5.35. The van der Waals surface area contributed by atoms with Crippen LogP contribution in [0.2, 0.25) is 0 Å². The van der Waals surface area contributed by atoms with Gasteiger partial charge in [0.15, 0.2) is 11.5 Å². The highest BCUT2D eigenvalue weighted by Crippen LogP contribution is 2.36. The highest BCUT2D eigenvalue weighted by Gasteiger charge is 2.08. The van der Waals surface area contributed by atoms with Gasteiger partial charge in [0.1, 0.15) is 0 Å². The maximum atomic E-state index is 5.35. The smallest absolute Gasteiger partial charge is 0.161 e. The quantitative estimate of drug-likeness (QED) is 0.676. The van der Waals surface area contributed by atoms with Crippen molar-refractivity contribution < 1.29 is 9.47 Å². The largest absolute Gasteiger partial charge is 0.493 e. The minimum atomic E-state index is 0.773. The van der Waals surface area contributed by atoms with Gasteiger partial charge in [-0.2, -0.15) is 0 Å². The average Bonchev–Trinajstić information content (AvgIpc) is 2.85. The fourth-order valence-electron chi connectivity index (χ4n) is 2.10. The van der Waals surface area contributed by atoms with E-state index >= 15 is 0 Å². The van der Waals surface area contributed by atoms with Gasteiger partial charge in [-0.1, -0.05) is 6.07 Å². The fourth-order valence-corrected chi connectivity index (χ4v) is 2.91. The Labute approximate surface area is 103 Å². The van der Waals surface area contributed by atoms with Crippen LogP contribution in [-0.2, 0) is 0 Å². The van der Waals surface area contributed by atoms with Gasteiger partial charge in [-0.25, -0.2) is 0 Å².